The maximum atomic E-state index is 12.3. The normalized spacial score (nSPS) is 10.8. The van der Waals surface area contributed by atoms with Crippen LogP contribution in [-0.4, -0.2) is 10.1 Å². The molecule has 13 heavy (non-hydrogen) atoms. The molecule has 0 aromatic carbocycles. The standard InChI is InChI=1S/C7H7BrF2N2O/c8-4-1-3(6(9)10)5(2-13)12-7(4)11/h1,6,13H,2H2,(H2,11,12). The van der Waals surface area contributed by atoms with Crippen LogP contribution < -0.4 is 5.73 Å². The second-order valence-corrected chi connectivity index (χ2v) is 3.20. The van der Waals surface area contributed by atoms with E-state index in [-0.39, 0.29) is 17.1 Å². The Morgan fingerprint density at radius 1 is 1.62 bits per heavy atom. The van der Waals surface area contributed by atoms with E-state index in [1.54, 1.807) is 0 Å². The van der Waals surface area contributed by atoms with Crippen LogP contribution in [0.3, 0.4) is 0 Å². The summed E-state index contributed by atoms with van der Waals surface area (Å²) in [5, 5.41) is 8.72. The topological polar surface area (TPSA) is 59.1 Å². The molecule has 1 aromatic rings. The molecule has 3 nitrogen and oxygen atoms in total. The molecule has 0 aliphatic heterocycles. The van der Waals surface area contributed by atoms with Gasteiger partial charge >= 0.3 is 0 Å². The van der Waals surface area contributed by atoms with Crippen molar-refractivity contribution in [3.8, 4) is 0 Å². The highest BCUT2D eigenvalue weighted by atomic mass is 79.9. The molecule has 1 aromatic heterocycles. The number of aliphatic hydroxyl groups excluding tert-OH is 1. The van der Waals surface area contributed by atoms with Gasteiger partial charge in [0.2, 0.25) is 0 Å². The fourth-order valence-corrected chi connectivity index (χ4v) is 1.21. The molecule has 0 radical (unpaired) electrons. The van der Waals surface area contributed by atoms with Crippen LogP contribution in [0, 0.1) is 0 Å². The van der Waals surface area contributed by atoms with Gasteiger partial charge in [0.1, 0.15) is 5.82 Å². The molecular weight excluding hydrogens is 246 g/mol. The van der Waals surface area contributed by atoms with Gasteiger partial charge in [-0.1, -0.05) is 0 Å². The number of nitrogen functional groups attached to an aromatic ring is 1. The number of pyridine rings is 1. The van der Waals surface area contributed by atoms with Crippen molar-refractivity contribution in [1.29, 1.82) is 0 Å². The molecule has 0 bridgehead atoms. The van der Waals surface area contributed by atoms with Gasteiger partial charge in [-0.05, 0) is 22.0 Å². The number of anilines is 1. The number of aliphatic hydroxyl groups is 1. The fourth-order valence-electron chi connectivity index (χ4n) is 0.873. The molecule has 3 N–H and O–H groups in total. The molecule has 0 saturated carbocycles. The summed E-state index contributed by atoms with van der Waals surface area (Å²) in [6.45, 7) is -0.544. The average Bonchev–Trinajstić information content (AvgIpc) is 2.08. The van der Waals surface area contributed by atoms with Gasteiger partial charge in [0.05, 0.1) is 16.8 Å². The first-order chi connectivity index (χ1) is 6.06. The zero-order valence-corrected chi connectivity index (χ0v) is 8.05. The van der Waals surface area contributed by atoms with Crippen molar-refractivity contribution >= 4 is 21.7 Å². The Labute approximate surface area is 81.7 Å². The maximum absolute atomic E-state index is 12.3. The van der Waals surface area contributed by atoms with E-state index in [1.807, 2.05) is 0 Å². The third-order valence-corrected chi connectivity index (χ3v) is 2.14. The molecule has 0 spiro atoms. The number of aromatic nitrogens is 1. The highest BCUT2D eigenvalue weighted by Crippen LogP contribution is 2.27. The first-order valence-electron chi connectivity index (χ1n) is 3.40. The summed E-state index contributed by atoms with van der Waals surface area (Å²) < 4.78 is 24.9. The summed E-state index contributed by atoms with van der Waals surface area (Å²) in [7, 11) is 0. The van der Waals surface area contributed by atoms with E-state index < -0.39 is 13.0 Å². The van der Waals surface area contributed by atoms with Crippen LogP contribution in [0.15, 0.2) is 10.5 Å². The van der Waals surface area contributed by atoms with Crippen LogP contribution in [-0.2, 0) is 6.61 Å². The predicted octanol–water partition coefficient (Wildman–Crippen LogP) is 1.86. The highest BCUT2D eigenvalue weighted by molar-refractivity contribution is 9.10. The van der Waals surface area contributed by atoms with Crippen molar-refractivity contribution in [1.82, 2.24) is 4.98 Å². The van der Waals surface area contributed by atoms with E-state index in [4.69, 9.17) is 10.8 Å². The van der Waals surface area contributed by atoms with Crippen molar-refractivity contribution in [3.63, 3.8) is 0 Å². The minimum atomic E-state index is -2.66. The Balaban J connectivity index is 3.25. The Morgan fingerprint density at radius 2 is 2.23 bits per heavy atom. The summed E-state index contributed by atoms with van der Waals surface area (Å²) in [6, 6.07) is 1.17. The van der Waals surface area contributed by atoms with Gasteiger partial charge in [0.15, 0.2) is 0 Å². The van der Waals surface area contributed by atoms with Crippen LogP contribution >= 0.6 is 15.9 Å². The molecule has 0 fully saturated rings. The number of alkyl halides is 2. The number of nitrogens with zero attached hydrogens (tertiary/aromatic N) is 1. The van der Waals surface area contributed by atoms with Gasteiger partial charge < -0.3 is 10.8 Å². The van der Waals surface area contributed by atoms with Crippen LogP contribution in [0.4, 0.5) is 14.6 Å². The van der Waals surface area contributed by atoms with Crippen molar-refractivity contribution in [2.75, 3.05) is 5.73 Å². The van der Waals surface area contributed by atoms with Crippen molar-refractivity contribution in [2.45, 2.75) is 13.0 Å². The Hall–Kier alpha value is -0.750. The number of hydrogen-bond acceptors (Lipinski definition) is 3. The van der Waals surface area contributed by atoms with Crippen LogP contribution in [0.1, 0.15) is 17.7 Å². The molecule has 0 atom stereocenters. The smallest absolute Gasteiger partial charge is 0.265 e. The molecule has 72 valence electrons. The maximum Gasteiger partial charge on any atom is 0.265 e. The Kier molecular flexibility index (Phi) is 3.16. The summed E-state index contributed by atoms with van der Waals surface area (Å²) >= 11 is 2.98. The zero-order valence-electron chi connectivity index (χ0n) is 6.47. The lowest BCUT2D eigenvalue weighted by Crippen LogP contribution is -2.02. The van der Waals surface area contributed by atoms with Crippen LogP contribution in [0.2, 0.25) is 0 Å². The third-order valence-electron chi connectivity index (χ3n) is 1.50. The first-order valence-corrected chi connectivity index (χ1v) is 4.19. The molecule has 6 heteroatoms. The van der Waals surface area contributed by atoms with Crippen molar-refractivity contribution in [2.24, 2.45) is 0 Å². The van der Waals surface area contributed by atoms with E-state index in [1.165, 1.54) is 6.07 Å². The highest BCUT2D eigenvalue weighted by Gasteiger charge is 2.15. The minimum absolute atomic E-state index is 0.0873. The monoisotopic (exact) mass is 252 g/mol. The second-order valence-electron chi connectivity index (χ2n) is 2.35. The second kappa shape index (κ2) is 3.97. The molecule has 1 rings (SSSR count). The predicted molar refractivity (Wildman–Crippen MR) is 47.2 cm³/mol. The molecule has 0 unspecified atom stereocenters. The lowest BCUT2D eigenvalue weighted by Gasteiger charge is -2.07. The largest absolute Gasteiger partial charge is 0.390 e. The summed E-state index contributed by atoms with van der Waals surface area (Å²) in [5.74, 6) is 0.0912. The van der Waals surface area contributed by atoms with Crippen LogP contribution in [0.5, 0.6) is 0 Å². The van der Waals surface area contributed by atoms with Gasteiger partial charge in [-0.15, -0.1) is 0 Å². The summed E-state index contributed by atoms with van der Waals surface area (Å²) in [6.07, 6.45) is -2.66. The van der Waals surface area contributed by atoms with Gasteiger partial charge in [0.25, 0.3) is 6.43 Å². The summed E-state index contributed by atoms with van der Waals surface area (Å²) in [4.78, 5) is 3.61. The molecule has 0 saturated heterocycles. The quantitative estimate of drug-likeness (QED) is 0.845. The van der Waals surface area contributed by atoms with Gasteiger partial charge in [0, 0.05) is 5.56 Å². The Morgan fingerprint density at radius 3 is 2.69 bits per heavy atom. The SMILES string of the molecule is Nc1nc(CO)c(C(F)F)cc1Br. The van der Waals surface area contributed by atoms with E-state index in [9.17, 15) is 8.78 Å². The number of hydrogen-bond donors (Lipinski definition) is 2. The molecule has 0 aliphatic carbocycles. The first kappa shape index (κ1) is 10.3. The molecule has 0 amide bonds. The minimum Gasteiger partial charge on any atom is -0.390 e. The third kappa shape index (κ3) is 2.13. The van der Waals surface area contributed by atoms with Crippen molar-refractivity contribution in [3.05, 3.63) is 21.8 Å². The molecule has 1 heterocycles. The van der Waals surface area contributed by atoms with E-state index >= 15 is 0 Å². The Bertz CT molecular complexity index is 320. The van der Waals surface area contributed by atoms with E-state index in [0.717, 1.165) is 0 Å². The average molecular weight is 253 g/mol. The lowest BCUT2D eigenvalue weighted by atomic mass is 10.2. The van der Waals surface area contributed by atoms with E-state index in [0.29, 0.717) is 4.47 Å². The van der Waals surface area contributed by atoms with Gasteiger partial charge in [-0.2, -0.15) is 0 Å². The van der Waals surface area contributed by atoms with Gasteiger partial charge in [-0.25, -0.2) is 13.8 Å². The molecular formula is C7H7BrF2N2O. The van der Waals surface area contributed by atoms with E-state index in [2.05, 4.69) is 20.9 Å². The number of nitrogens with two attached hydrogens (primary N) is 1. The number of halogens is 3. The van der Waals surface area contributed by atoms with Gasteiger partial charge in [-0.3, -0.25) is 0 Å². The fraction of sp³-hybridized carbons (Fsp3) is 0.286. The molecule has 0 aliphatic rings. The lowest BCUT2D eigenvalue weighted by molar-refractivity contribution is 0.146. The summed E-state index contributed by atoms with van der Waals surface area (Å²) in [5.41, 5.74) is 4.96. The van der Waals surface area contributed by atoms with Crippen LogP contribution in [0.25, 0.3) is 0 Å². The van der Waals surface area contributed by atoms with Crippen molar-refractivity contribution < 1.29 is 13.9 Å². The zero-order chi connectivity index (χ0) is 10.0. The number of rotatable bonds is 2.